The van der Waals surface area contributed by atoms with E-state index in [1.54, 1.807) is 11.3 Å². The Morgan fingerprint density at radius 1 is 1.65 bits per heavy atom. The highest BCUT2D eigenvalue weighted by molar-refractivity contribution is 7.09. The summed E-state index contributed by atoms with van der Waals surface area (Å²) >= 11 is 1.61. The van der Waals surface area contributed by atoms with Gasteiger partial charge in [0.1, 0.15) is 5.01 Å². The summed E-state index contributed by atoms with van der Waals surface area (Å²) in [6.07, 6.45) is 1.18. The topological polar surface area (TPSA) is 49.2 Å². The molecule has 0 radical (unpaired) electrons. The van der Waals surface area contributed by atoms with Gasteiger partial charge < -0.3 is 9.64 Å². The molecule has 3 heterocycles. The van der Waals surface area contributed by atoms with Crippen LogP contribution in [0, 0.1) is 11.3 Å². The van der Waals surface area contributed by atoms with Crippen molar-refractivity contribution in [3.05, 3.63) is 16.1 Å². The maximum Gasteiger partial charge on any atom is 0.155 e. The van der Waals surface area contributed by atoms with Gasteiger partial charge >= 0.3 is 0 Å². The zero-order valence-corrected chi connectivity index (χ0v) is 10.7. The van der Waals surface area contributed by atoms with Crippen LogP contribution >= 0.6 is 11.3 Å². The lowest BCUT2D eigenvalue weighted by atomic mass is 9.89. The Kier molecular flexibility index (Phi) is 2.66. The standard InChI is InChI=1S/C12H15N3OS/c1-15-3-2-9(4-15)10-5-17-11(14-10)12(6-13)7-16-8-12/h5,9H,2-4,7-8H2,1H3. The van der Waals surface area contributed by atoms with Crippen LogP contribution in [0.1, 0.15) is 23.0 Å². The second kappa shape index (κ2) is 4.05. The molecule has 0 amide bonds. The van der Waals surface area contributed by atoms with Crippen molar-refractivity contribution in [2.45, 2.75) is 17.8 Å². The molecule has 4 nitrogen and oxygen atoms in total. The maximum atomic E-state index is 9.24. The molecule has 0 N–H and O–H groups in total. The van der Waals surface area contributed by atoms with Gasteiger partial charge in [-0.2, -0.15) is 5.26 Å². The highest BCUT2D eigenvalue weighted by Gasteiger charge is 2.44. The van der Waals surface area contributed by atoms with Gasteiger partial charge in [-0.15, -0.1) is 11.3 Å². The summed E-state index contributed by atoms with van der Waals surface area (Å²) in [5, 5.41) is 12.3. The average Bonchev–Trinajstić information content (AvgIpc) is 2.86. The molecule has 1 atom stereocenters. The number of hydrogen-bond acceptors (Lipinski definition) is 5. The largest absolute Gasteiger partial charge is 0.377 e. The van der Waals surface area contributed by atoms with Gasteiger partial charge in [0.2, 0.25) is 0 Å². The van der Waals surface area contributed by atoms with Crippen molar-refractivity contribution in [3.8, 4) is 6.07 Å². The molecule has 0 saturated carbocycles. The quantitative estimate of drug-likeness (QED) is 0.794. The fourth-order valence-electron chi connectivity index (χ4n) is 2.41. The molecule has 17 heavy (non-hydrogen) atoms. The molecule has 1 unspecified atom stereocenters. The minimum absolute atomic E-state index is 0.451. The second-order valence-corrected chi connectivity index (χ2v) is 5.87. The van der Waals surface area contributed by atoms with Crippen molar-refractivity contribution < 1.29 is 4.74 Å². The van der Waals surface area contributed by atoms with E-state index in [1.165, 1.54) is 6.42 Å². The van der Waals surface area contributed by atoms with Crippen LogP contribution in [0.4, 0.5) is 0 Å². The van der Waals surface area contributed by atoms with Gasteiger partial charge in [-0.3, -0.25) is 0 Å². The van der Waals surface area contributed by atoms with E-state index in [4.69, 9.17) is 4.74 Å². The van der Waals surface area contributed by atoms with Gasteiger partial charge in [0.15, 0.2) is 5.41 Å². The number of hydrogen-bond donors (Lipinski definition) is 0. The first-order valence-electron chi connectivity index (χ1n) is 5.87. The van der Waals surface area contributed by atoms with E-state index in [1.807, 2.05) is 0 Å². The van der Waals surface area contributed by atoms with Crippen molar-refractivity contribution >= 4 is 11.3 Å². The summed E-state index contributed by atoms with van der Waals surface area (Å²) < 4.78 is 5.17. The molecular weight excluding hydrogens is 234 g/mol. The molecule has 0 spiro atoms. The Hall–Kier alpha value is -0.960. The highest BCUT2D eigenvalue weighted by Crippen LogP contribution is 2.36. The molecule has 0 aliphatic carbocycles. The summed E-state index contributed by atoms with van der Waals surface area (Å²) in [5.74, 6) is 0.543. The van der Waals surface area contributed by atoms with Crippen LogP contribution in [0.25, 0.3) is 0 Å². The molecule has 0 aromatic carbocycles. The molecule has 2 aliphatic heterocycles. The smallest absolute Gasteiger partial charge is 0.155 e. The van der Waals surface area contributed by atoms with Crippen molar-refractivity contribution in [2.24, 2.45) is 0 Å². The number of thiazole rings is 1. The Balaban J connectivity index is 1.81. The summed E-state index contributed by atoms with van der Waals surface area (Å²) in [7, 11) is 2.14. The minimum atomic E-state index is -0.451. The summed E-state index contributed by atoms with van der Waals surface area (Å²) in [6.45, 7) is 3.23. The minimum Gasteiger partial charge on any atom is -0.377 e. The van der Waals surface area contributed by atoms with E-state index in [0.29, 0.717) is 19.1 Å². The average molecular weight is 249 g/mol. The van der Waals surface area contributed by atoms with Gasteiger partial charge in [0.05, 0.1) is 25.0 Å². The number of ether oxygens (including phenoxy) is 1. The molecule has 2 saturated heterocycles. The predicted molar refractivity (Wildman–Crippen MR) is 65.1 cm³/mol. The zero-order valence-electron chi connectivity index (χ0n) is 9.85. The molecule has 2 aliphatic rings. The number of likely N-dealkylation sites (tertiary alicyclic amines) is 1. The molecule has 2 fully saturated rings. The first kappa shape index (κ1) is 11.1. The van der Waals surface area contributed by atoms with Crippen molar-refractivity contribution in [1.82, 2.24) is 9.88 Å². The van der Waals surface area contributed by atoms with Gasteiger partial charge in [0, 0.05) is 17.8 Å². The van der Waals surface area contributed by atoms with Crippen molar-refractivity contribution in [1.29, 1.82) is 5.26 Å². The Labute approximate surface area is 105 Å². The number of aromatic nitrogens is 1. The van der Waals surface area contributed by atoms with E-state index in [-0.39, 0.29) is 0 Å². The summed E-state index contributed by atoms with van der Waals surface area (Å²) in [4.78, 5) is 7.01. The third kappa shape index (κ3) is 1.77. The second-order valence-electron chi connectivity index (χ2n) is 5.01. The first-order chi connectivity index (χ1) is 8.23. The van der Waals surface area contributed by atoms with Crippen LogP contribution in [-0.2, 0) is 10.2 Å². The Morgan fingerprint density at radius 3 is 3.00 bits per heavy atom. The van der Waals surface area contributed by atoms with E-state index in [0.717, 1.165) is 23.8 Å². The molecular formula is C12H15N3OS. The molecule has 0 bridgehead atoms. The van der Waals surface area contributed by atoms with Crippen LogP contribution in [0.15, 0.2) is 5.38 Å². The van der Waals surface area contributed by atoms with Crippen LogP contribution in [-0.4, -0.2) is 43.2 Å². The molecule has 1 aromatic rings. The number of nitriles is 1. The maximum absolute atomic E-state index is 9.24. The number of likely N-dealkylation sites (N-methyl/N-ethyl adjacent to an activating group) is 1. The van der Waals surface area contributed by atoms with E-state index < -0.39 is 5.41 Å². The fraction of sp³-hybridized carbons (Fsp3) is 0.667. The van der Waals surface area contributed by atoms with E-state index in [9.17, 15) is 5.26 Å². The molecule has 90 valence electrons. The first-order valence-corrected chi connectivity index (χ1v) is 6.75. The Morgan fingerprint density at radius 2 is 2.47 bits per heavy atom. The molecule has 1 aromatic heterocycles. The van der Waals surface area contributed by atoms with Crippen LogP contribution in [0.2, 0.25) is 0 Å². The van der Waals surface area contributed by atoms with E-state index in [2.05, 4.69) is 28.4 Å². The SMILES string of the molecule is CN1CCC(c2csc(C3(C#N)COC3)n2)C1. The zero-order chi connectivity index (χ0) is 11.9. The lowest BCUT2D eigenvalue weighted by Crippen LogP contribution is -2.45. The monoisotopic (exact) mass is 249 g/mol. The number of nitrogens with zero attached hydrogens (tertiary/aromatic N) is 3. The fourth-order valence-corrected chi connectivity index (χ4v) is 3.44. The summed E-state index contributed by atoms with van der Waals surface area (Å²) in [6, 6.07) is 2.36. The number of rotatable bonds is 2. The van der Waals surface area contributed by atoms with Gasteiger partial charge in [-0.1, -0.05) is 0 Å². The predicted octanol–water partition coefficient (Wildman–Crippen LogP) is 1.35. The van der Waals surface area contributed by atoms with Gasteiger partial charge in [0.25, 0.3) is 0 Å². The Bertz CT molecular complexity index is 461. The highest BCUT2D eigenvalue weighted by atomic mass is 32.1. The van der Waals surface area contributed by atoms with Crippen LogP contribution in [0.3, 0.4) is 0 Å². The third-order valence-corrected chi connectivity index (χ3v) is 4.72. The molecule has 5 heteroatoms. The summed E-state index contributed by atoms with van der Waals surface area (Å²) in [5.41, 5.74) is 0.712. The van der Waals surface area contributed by atoms with Crippen molar-refractivity contribution in [2.75, 3.05) is 33.4 Å². The van der Waals surface area contributed by atoms with Crippen molar-refractivity contribution in [3.63, 3.8) is 0 Å². The van der Waals surface area contributed by atoms with Crippen LogP contribution < -0.4 is 0 Å². The van der Waals surface area contributed by atoms with Gasteiger partial charge in [-0.25, -0.2) is 4.98 Å². The molecule has 3 rings (SSSR count). The lowest BCUT2D eigenvalue weighted by molar-refractivity contribution is -0.0299. The third-order valence-electron chi connectivity index (χ3n) is 3.65. The normalized spacial score (nSPS) is 27.6. The van der Waals surface area contributed by atoms with E-state index >= 15 is 0 Å². The van der Waals surface area contributed by atoms with Crippen LogP contribution in [0.5, 0.6) is 0 Å². The lowest BCUT2D eigenvalue weighted by Gasteiger charge is -2.32. The van der Waals surface area contributed by atoms with Gasteiger partial charge in [-0.05, 0) is 20.0 Å².